The first-order chi connectivity index (χ1) is 19.6. The zero-order valence-electron chi connectivity index (χ0n) is 24.4. The molecule has 0 saturated carbocycles. The largest absolute Gasteiger partial charge is 0.351 e. The Balaban J connectivity index is 0.00000337. The fourth-order valence-corrected chi connectivity index (χ4v) is 6.40. The van der Waals surface area contributed by atoms with Crippen LogP contribution in [-0.4, -0.2) is 14.1 Å². The minimum atomic E-state index is 0. The summed E-state index contributed by atoms with van der Waals surface area (Å²) in [5, 5.41) is 2.45. The van der Waals surface area contributed by atoms with Crippen molar-refractivity contribution in [3.8, 4) is 22.8 Å². The van der Waals surface area contributed by atoms with Crippen LogP contribution in [0.3, 0.4) is 0 Å². The predicted molar refractivity (Wildman–Crippen MR) is 169 cm³/mol. The number of fused-ring (bicyclic) bond motifs is 3. The van der Waals surface area contributed by atoms with E-state index >= 15 is 0 Å². The zero-order chi connectivity index (χ0) is 27.6. The van der Waals surface area contributed by atoms with Gasteiger partial charge in [0.05, 0.1) is 5.82 Å². The van der Waals surface area contributed by atoms with Crippen LogP contribution in [0, 0.1) is 25.8 Å². The SMILES string of the molecule is CCCCC(CC)Cc1cc(C)c(-n2ccnc2-c2[c-]cc3c(c2)c2ccccc2n3-c2ccccc2)c(C)c1.[Ir]. The Bertz CT molecular complexity index is 1750. The molecule has 0 bridgehead atoms. The van der Waals surface area contributed by atoms with Crippen LogP contribution in [0.25, 0.3) is 44.6 Å². The third-order valence-corrected chi connectivity index (χ3v) is 8.36. The van der Waals surface area contributed by atoms with Gasteiger partial charge in [-0.2, -0.15) is 0 Å². The Morgan fingerprint density at radius 3 is 2.32 bits per heavy atom. The summed E-state index contributed by atoms with van der Waals surface area (Å²) in [6.07, 6.45) is 10.3. The molecular weight excluding hydrogens is 679 g/mol. The van der Waals surface area contributed by atoms with Crippen molar-refractivity contribution in [1.82, 2.24) is 14.1 Å². The molecule has 0 aliphatic rings. The summed E-state index contributed by atoms with van der Waals surface area (Å²) < 4.78 is 4.57. The Labute approximate surface area is 257 Å². The number of unbranched alkanes of at least 4 members (excludes halogenated alkanes) is 1. The topological polar surface area (TPSA) is 22.8 Å². The molecule has 6 aromatic rings. The van der Waals surface area contributed by atoms with E-state index in [-0.39, 0.29) is 20.1 Å². The van der Waals surface area contributed by atoms with Gasteiger partial charge >= 0.3 is 0 Å². The fraction of sp³-hybridized carbons (Fsp3) is 0.270. The van der Waals surface area contributed by atoms with Gasteiger partial charge in [0.25, 0.3) is 0 Å². The molecular formula is C37H38IrN3-. The second kappa shape index (κ2) is 12.6. The van der Waals surface area contributed by atoms with Gasteiger partial charge in [-0.25, -0.2) is 0 Å². The quantitative estimate of drug-likeness (QED) is 0.137. The van der Waals surface area contributed by atoms with E-state index in [9.17, 15) is 0 Å². The molecule has 2 heterocycles. The maximum Gasteiger partial charge on any atom is 0.0603 e. The van der Waals surface area contributed by atoms with Crippen LogP contribution in [-0.2, 0) is 26.5 Å². The Hall–Kier alpha value is -3.46. The average molecular weight is 717 g/mol. The molecule has 0 spiro atoms. The predicted octanol–water partition coefficient (Wildman–Crippen LogP) is 9.81. The Morgan fingerprint density at radius 2 is 1.59 bits per heavy atom. The third-order valence-electron chi connectivity index (χ3n) is 8.36. The number of imidazole rings is 1. The van der Waals surface area contributed by atoms with E-state index < -0.39 is 0 Å². The molecule has 41 heavy (non-hydrogen) atoms. The van der Waals surface area contributed by atoms with Crippen LogP contribution in [0.4, 0.5) is 0 Å². The second-order valence-corrected chi connectivity index (χ2v) is 11.2. The first-order valence-corrected chi connectivity index (χ1v) is 14.7. The van der Waals surface area contributed by atoms with Crippen molar-refractivity contribution in [2.45, 2.75) is 59.8 Å². The van der Waals surface area contributed by atoms with Gasteiger partial charge in [0.2, 0.25) is 0 Å². The summed E-state index contributed by atoms with van der Waals surface area (Å²) in [6.45, 7) is 9.09. The molecule has 0 saturated heterocycles. The smallest absolute Gasteiger partial charge is 0.0603 e. The number of hydrogen-bond donors (Lipinski definition) is 0. The van der Waals surface area contributed by atoms with Gasteiger partial charge < -0.3 is 9.13 Å². The maximum absolute atomic E-state index is 4.84. The fourth-order valence-electron chi connectivity index (χ4n) is 6.40. The second-order valence-electron chi connectivity index (χ2n) is 11.2. The van der Waals surface area contributed by atoms with Gasteiger partial charge in [0, 0.05) is 49.4 Å². The number of hydrogen-bond acceptors (Lipinski definition) is 1. The first kappa shape index (κ1) is 29.0. The monoisotopic (exact) mass is 717 g/mol. The Kier molecular flexibility index (Phi) is 8.92. The zero-order valence-corrected chi connectivity index (χ0v) is 26.8. The molecule has 1 unspecified atom stereocenters. The first-order valence-electron chi connectivity index (χ1n) is 14.7. The molecule has 3 nitrogen and oxygen atoms in total. The Morgan fingerprint density at radius 1 is 0.854 bits per heavy atom. The van der Waals surface area contributed by atoms with E-state index in [1.807, 2.05) is 6.20 Å². The summed E-state index contributed by atoms with van der Waals surface area (Å²) in [5.74, 6) is 1.68. The van der Waals surface area contributed by atoms with Gasteiger partial charge in [0.1, 0.15) is 0 Å². The van der Waals surface area contributed by atoms with E-state index in [1.165, 1.54) is 64.4 Å². The summed E-state index contributed by atoms with van der Waals surface area (Å²) in [6, 6.07) is 32.0. The van der Waals surface area contributed by atoms with Crippen molar-refractivity contribution >= 4 is 21.8 Å². The summed E-state index contributed by atoms with van der Waals surface area (Å²) in [4.78, 5) is 4.84. The molecule has 0 aliphatic carbocycles. The third kappa shape index (κ3) is 5.56. The van der Waals surface area contributed by atoms with Crippen LogP contribution in [0.15, 0.2) is 91.3 Å². The molecule has 1 atom stereocenters. The van der Waals surface area contributed by atoms with Crippen molar-refractivity contribution in [2.24, 2.45) is 5.92 Å². The molecule has 0 N–H and O–H groups in total. The standard InChI is InChI=1S/C37H38N3.Ir/c1-5-7-13-28(6-2)24-29-22-26(3)36(27(4)23-29)39-21-20-38-37(39)30-18-19-35-33(25-30)32-16-11-12-17-34(32)40(35)31-14-9-8-10-15-31;/h8-12,14-17,19-23,25,28H,5-7,13,24H2,1-4H3;/q-1;. The molecule has 211 valence electrons. The van der Waals surface area contributed by atoms with Gasteiger partial charge in [-0.05, 0) is 72.0 Å². The van der Waals surface area contributed by atoms with Crippen molar-refractivity contribution in [2.75, 3.05) is 0 Å². The van der Waals surface area contributed by atoms with Crippen molar-refractivity contribution in [3.05, 3.63) is 114 Å². The summed E-state index contributed by atoms with van der Waals surface area (Å²) in [5.41, 5.74) is 9.76. The number of rotatable bonds is 9. The van der Waals surface area contributed by atoms with Gasteiger partial charge in [-0.3, -0.25) is 4.98 Å². The number of aromatic nitrogens is 3. The van der Waals surface area contributed by atoms with E-state index in [0.717, 1.165) is 34.9 Å². The molecule has 0 amide bonds. The van der Waals surface area contributed by atoms with E-state index in [4.69, 9.17) is 4.98 Å². The van der Waals surface area contributed by atoms with Crippen LogP contribution in [0.2, 0.25) is 0 Å². The minimum Gasteiger partial charge on any atom is -0.351 e. The number of nitrogens with zero attached hydrogens (tertiary/aromatic N) is 3. The van der Waals surface area contributed by atoms with Crippen molar-refractivity contribution in [1.29, 1.82) is 0 Å². The van der Waals surface area contributed by atoms with Crippen LogP contribution >= 0.6 is 0 Å². The van der Waals surface area contributed by atoms with Crippen molar-refractivity contribution in [3.63, 3.8) is 0 Å². The molecule has 2 aromatic heterocycles. The van der Waals surface area contributed by atoms with E-state index in [1.54, 1.807) is 0 Å². The van der Waals surface area contributed by atoms with Gasteiger partial charge in [-0.1, -0.05) is 93.4 Å². The van der Waals surface area contributed by atoms with Crippen LogP contribution < -0.4 is 0 Å². The number of para-hydroxylation sites is 2. The van der Waals surface area contributed by atoms with Crippen molar-refractivity contribution < 1.29 is 20.1 Å². The molecule has 0 aliphatic heterocycles. The molecule has 1 radical (unpaired) electrons. The normalized spacial score (nSPS) is 12.1. The van der Waals surface area contributed by atoms with Crippen LogP contribution in [0.1, 0.15) is 56.2 Å². The van der Waals surface area contributed by atoms with E-state index in [0.29, 0.717) is 0 Å². The number of aryl methyl sites for hydroxylation is 2. The summed E-state index contributed by atoms with van der Waals surface area (Å²) in [7, 11) is 0. The summed E-state index contributed by atoms with van der Waals surface area (Å²) >= 11 is 0. The molecule has 4 heteroatoms. The molecule has 6 rings (SSSR count). The average Bonchev–Trinajstić information content (AvgIpc) is 3.58. The molecule has 0 fully saturated rings. The minimum absolute atomic E-state index is 0. The number of benzene rings is 4. The van der Waals surface area contributed by atoms with Gasteiger partial charge in [-0.15, -0.1) is 23.8 Å². The molecule has 4 aromatic carbocycles. The maximum atomic E-state index is 4.84. The van der Waals surface area contributed by atoms with E-state index in [2.05, 4.69) is 128 Å². The van der Waals surface area contributed by atoms with Gasteiger partial charge in [0.15, 0.2) is 0 Å². The van der Waals surface area contributed by atoms with Crippen LogP contribution in [0.5, 0.6) is 0 Å².